The second-order valence-electron chi connectivity index (χ2n) is 9.23. The SMILES string of the molecule is CC(C)C1=NCc2ccc3cnc(Nc4ccc(N5CCN(C(C)C)CC5)cn4)nc3c21. The molecule has 0 radical (unpaired) electrons. The van der Waals surface area contributed by atoms with Crippen LogP contribution in [0.5, 0.6) is 0 Å². The monoisotopic (exact) mass is 429 g/mol. The van der Waals surface area contributed by atoms with Crippen molar-refractivity contribution in [3.8, 4) is 0 Å². The number of hydrogen-bond acceptors (Lipinski definition) is 7. The van der Waals surface area contributed by atoms with E-state index in [1.54, 1.807) is 0 Å². The molecule has 1 saturated heterocycles. The zero-order chi connectivity index (χ0) is 22.2. The normalized spacial score (nSPS) is 16.7. The van der Waals surface area contributed by atoms with Crippen molar-refractivity contribution >= 4 is 34.1 Å². The fourth-order valence-corrected chi connectivity index (χ4v) is 4.60. The number of benzene rings is 1. The molecule has 166 valence electrons. The molecule has 3 aromatic rings. The van der Waals surface area contributed by atoms with E-state index in [-0.39, 0.29) is 0 Å². The van der Waals surface area contributed by atoms with Crippen LogP contribution in [0.1, 0.15) is 38.8 Å². The van der Waals surface area contributed by atoms with Crippen LogP contribution < -0.4 is 10.2 Å². The van der Waals surface area contributed by atoms with Crippen molar-refractivity contribution in [2.24, 2.45) is 10.9 Å². The van der Waals surface area contributed by atoms with Gasteiger partial charge in [0.2, 0.25) is 5.95 Å². The largest absolute Gasteiger partial charge is 0.368 e. The van der Waals surface area contributed by atoms with Crippen molar-refractivity contribution in [2.75, 3.05) is 36.4 Å². The number of hydrogen-bond donors (Lipinski definition) is 1. The summed E-state index contributed by atoms with van der Waals surface area (Å²) in [4.78, 5) is 23.7. The summed E-state index contributed by atoms with van der Waals surface area (Å²) >= 11 is 0. The van der Waals surface area contributed by atoms with Crippen LogP contribution in [-0.2, 0) is 6.54 Å². The number of pyridine rings is 1. The molecule has 2 aliphatic rings. The predicted octanol–water partition coefficient (Wildman–Crippen LogP) is 4.26. The van der Waals surface area contributed by atoms with E-state index in [0.717, 1.165) is 60.8 Å². The molecule has 0 aliphatic carbocycles. The second-order valence-corrected chi connectivity index (χ2v) is 9.23. The summed E-state index contributed by atoms with van der Waals surface area (Å²) in [7, 11) is 0. The van der Waals surface area contributed by atoms with Gasteiger partial charge in [-0.1, -0.05) is 26.0 Å². The van der Waals surface area contributed by atoms with Gasteiger partial charge in [0.05, 0.1) is 23.9 Å². The second kappa shape index (κ2) is 8.47. The van der Waals surface area contributed by atoms with E-state index in [9.17, 15) is 0 Å². The third kappa shape index (κ3) is 3.93. The van der Waals surface area contributed by atoms with Crippen LogP contribution in [0.3, 0.4) is 0 Å². The Hall–Kier alpha value is -3.06. The summed E-state index contributed by atoms with van der Waals surface area (Å²) in [5.41, 5.74) is 5.67. The van der Waals surface area contributed by atoms with Crippen LogP contribution in [0.25, 0.3) is 10.9 Å². The van der Waals surface area contributed by atoms with Gasteiger partial charge >= 0.3 is 0 Å². The Bertz CT molecular complexity index is 1140. The van der Waals surface area contributed by atoms with Crippen LogP contribution in [0.2, 0.25) is 0 Å². The van der Waals surface area contributed by atoms with Crippen molar-refractivity contribution in [1.29, 1.82) is 0 Å². The molecular formula is C25H31N7. The number of aliphatic imine (C=N–C) groups is 1. The molecule has 1 aromatic carbocycles. The van der Waals surface area contributed by atoms with Gasteiger partial charge in [0.25, 0.3) is 0 Å². The van der Waals surface area contributed by atoms with Crippen molar-refractivity contribution in [2.45, 2.75) is 40.3 Å². The molecule has 32 heavy (non-hydrogen) atoms. The molecule has 0 unspecified atom stereocenters. The van der Waals surface area contributed by atoms with Gasteiger partial charge < -0.3 is 10.2 Å². The Morgan fingerprint density at radius 3 is 2.41 bits per heavy atom. The van der Waals surface area contributed by atoms with E-state index in [1.807, 2.05) is 18.5 Å². The molecule has 0 atom stereocenters. The number of anilines is 3. The van der Waals surface area contributed by atoms with Crippen LogP contribution in [0.4, 0.5) is 17.5 Å². The van der Waals surface area contributed by atoms with Crippen molar-refractivity contribution in [3.63, 3.8) is 0 Å². The van der Waals surface area contributed by atoms with E-state index >= 15 is 0 Å². The van der Waals surface area contributed by atoms with E-state index in [2.05, 4.69) is 71.0 Å². The Kier molecular flexibility index (Phi) is 5.51. The van der Waals surface area contributed by atoms with Gasteiger partial charge in [-0.05, 0) is 37.5 Å². The van der Waals surface area contributed by atoms with Crippen LogP contribution >= 0.6 is 0 Å². The van der Waals surface area contributed by atoms with Gasteiger partial charge in [-0.3, -0.25) is 9.89 Å². The minimum Gasteiger partial charge on any atom is -0.368 e. The molecule has 0 saturated carbocycles. The third-order valence-corrected chi connectivity index (χ3v) is 6.46. The third-order valence-electron chi connectivity index (χ3n) is 6.46. The Labute approximate surface area is 189 Å². The number of fused-ring (bicyclic) bond motifs is 3. The molecule has 0 bridgehead atoms. The van der Waals surface area contributed by atoms with Crippen LogP contribution in [-0.4, -0.2) is 57.8 Å². The maximum Gasteiger partial charge on any atom is 0.228 e. The van der Waals surface area contributed by atoms with Gasteiger partial charge in [0, 0.05) is 55.1 Å². The lowest BCUT2D eigenvalue weighted by Crippen LogP contribution is -2.48. The molecule has 1 fully saturated rings. The summed E-state index contributed by atoms with van der Waals surface area (Å²) in [6.07, 6.45) is 3.82. The molecule has 2 aliphatic heterocycles. The Morgan fingerprint density at radius 2 is 1.72 bits per heavy atom. The van der Waals surface area contributed by atoms with Crippen molar-refractivity contribution < 1.29 is 0 Å². The lowest BCUT2D eigenvalue weighted by molar-refractivity contribution is 0.209. The first kappa shape index (κ1) is 20.8. The summed E-state index contributed by atoms with van der Waals surface area (Å²) in [5.74, 6) is 1.68. The smallest absolute Gasteiger partial charge is 0.228 e. The summed E-state index contributed by atoms with van der Waals surface area (Å²) in [5, 5.41) is 4.32. The zero-order valence-corrected chi connectivity index (χ0v) is 19.3. The summed E-state index contributed by atoms with van der Waals surface area (Å²) in [6, 6.07) is 8.97. The number of nitrogens with zero attached hydrogens (tertiary/aromatic N) is 6. The maximum atomic E-state index is 4.85. The molecule has 0 spiro atoms. The minimum atomic E-state index is 0.366. The quantitative estimate of drug-likeness (QED) is 0.654. The molecular weight excluding hydrogens is 398 g/mol. The average molecular weight is 430 g/mol. The first-order valence-corrected chi connectivity index (χ1v) is 11.5. The van der Waals surface area contributed by atoms with Crippen LogP contribution in [0.15, 0.2) is 41.7 Å². The molecule has 4 heterocycles. The number of rotatable bonds is 5. The summed E-state index contributed by atoms with van der Waals surface area (Å²) < 4.78 is 0. The van der Waals surface area contributed by atoms with Gasteiger partial charge in [-0.15, -0.1) is 0 Å². The van der Waals surface area contributed by atoms with Gasteiger partial charge in [-0.2, -0.15) is 0 Å². The standard InChI is InChI=1S/C25H31N7/c1-16(2)23-22-18(13-27-23)5-6-19-14-28-25(30-24(19)22)29-21-8-7-20(15-26-21)32-11-9-31(10-12-32)17(3)4/h5-8,14-17H,9-13H2,1-4H3,(H,26,28,29,30). The fourth-order valence-electron chi connectivity index (χ4n) is 4.60. The van der Waals surface area contributed by atoms with Gasteiger partial charge in [0.1, 0.15) is 5.82 Å². The van der Waals surface area contributed by atoms with Gasteiger partial charge in [0.15, 0.2) is 0 Å². The predicted molar refractivity (Wildman–Crippen MR) is 131 cm³/mol. The molecule has 7 nitrogen and oxygen atoms in total. The summed E-state index contributed by atoms with van der Waals surface area (Å²) in [6.45, 7) is 13.9. The lowest BCUT2D eigenvalue weighted by atomic mass is 9.96. The van der Waals surface area contributed by atoms with Crippen LogP contribution in [0, 0.1) is 5.92 Å². The van der Waals surface area contributed by atoms with E-state index < -0.39 is 0 Å². The molecule has 5 rings (SSSR count). The topological polar surface area (TPSA) is 69.5 Å². The number of aromatic nitrogens is 3. The number of nitrogens with one attached hydrogen (secondary N) is 1. The first-order chi connectivity index (χ1) is 15.5. The highest BCUT2D eigenvalue weighted by Crippen LogP contribution is 2.30. The van der Waals surface area contributed by atoms with E-state index in [1.165, 1.54) is 11.1 Å². The number of piperazine rings is 1. The zero-order valence-electron chi connectivity index (χ0n) is 19.3. The Balaban J connectivity index is 1.34. The average Bonchev–Trinajstić information content (AvgIpc) is 3.25. The Morgan fingerprint density at radius 1 is 0.906 bits per heavy atom. The highest BCUT2D eigenvalue weighted by Gasteiger charge is 2.23. The molecule has 0 amide bonds. The highest BCUT2D eigenvalue weighted by atomic mass is 15.3. The molecule has 1 N–H and O–H groups in total. The molecule has 7 heteroatoms. The van der Waals surface area contributed by atoms with Crippen molar-refractivity contribution in [1.82, 2.24) is 19.9 Å². The minimum absolute atomic E-state index is 0.366. The first-order valence-electron chi connectivity index (χ1n) is 11.5. The lowest BCUT2D eigenvalue weighted by Gasteiger charge is -2.38. The maximum absolute atomic E-state index is 4.85. The van der Waals surface area contributed by atoms with E-state index in [4.69, 9.17) is 9.98 Å². The van der Waals surface area contributed by atoms with E-state index in [0.29, 0.717) is 17.9 Å². The van der Waals surface area contributed by atoms with Gasteiger partial charge in [-0.25, -0.2) is 15.0 Å². The van der Waals surface area contributed by atoms with Crippen molar-refractivity contribution in [3.05, 3.63) is 47.8 Å². The highest BCUT2D eigenvalue weighted by molar-refractivity contribution is 6.13. The molecule has 2 aromatic heterocycles. The fraction of sp³-hybridized carbons (Fsp3) is 0.440.